The Morgan fingerprint density at radius 3 is 1.66 bits per heavy atom. The number of rotatable bonds is 14. The van der Waals surface area contributed by atoms with E-state index in [4.69, 9.17) is 42.6 Å². The van der Waals surface area contributed by atoms with E-state index >= 15 is 0 Å². The van der Waals surface area contributed by atoms with Crippen LogP contribution in [0.5, 0.6) is 0 Å². The van der Waals surface area contributed by atoms with Gasteiger partial charge < -0.3 is 124 Å². The molecule has 92 heavy (non-hydrogen) atoms. The summed E-state index contributed by atoms with van der Waals surface area (Å²) in [5.41, 5.74) is 0. The van der Waals surface area contributed by atoms with E-state index in [2.05, 4.69) is 0 Å². The molecule has 12 fully saturated rings. The Kier molecular flexibility index (Phi) is 22.4. The summed E-state index contributed by atoms with van der Waals surface area (Å²) in [6, 6.07) is 0. The van der Waals surface area contributed by atoms with Gasteiger partial charge in [0.05, 0.1) is 140 Å². The summed E-state index contributed by atoms with van der Waals surface area (Å²) >= 11 is 0. The van der Waals surface area contributed by atoms with E-state index in [0.717, 1.165) is 0 Å². The highest BCUT2D eigenvalue weighted by Gasteiger charge is 2.64. The first-order chi connectivity index (χ1) is 44.0. The lowest BCUT2D eigenvalue weighted by molar-refractivity contribution is -0.351. The Morgan fingerprint density at radius 1 is 0.413 bits per heavy atom. The van der Waals surface area contributed by atoms with E-state index in [9.17, 15) is 86.5 Å². The van der Waals surface area contributed by atoms with Gasteiger partial charge in [-0.2, -0.15) is 0 Å². The molecule has 7 saturated carbocycles. The second-order valence-electron chi connectivity index (χ2n) is 29.8. The fraction of sp³-hybridized carbons (Fsp3) is 0.924. The molecule has 36 unspecified atom stereocenters. The van der Waals surface area contributed by atoms with Gasteiger partial charge in [-0.25, -0.2) is 4.79 Å². The largest absolute Gasteiger partial charge is 0.460 e. The number of fused-ring (bicyclic) bond motifs is 2. The Morgan fingerprint density at radius 2 is 1.02 bits per heavy atom. The molecule has 0 aromatic heterocycles. The van der Waals surface area contributed by atoms with Crippen LogP contribution >= 0.6 is 0 Å². The van der Waals surface area contributed by atoms with Crippen LogP contribution < -0.4 is 0 Å². The minimum absolute atomic E-state index is 0.0413. The number of hydrogen-bond donors (Lipinski definition) is 16. The maximum absolute atomic E-state index is 13.1. The molecule has 16 N–H and O–H groups in total. The van der Waals surface area contributed by atoms with Crippen LogP contribution in [0.15, 0.2) is 24.3 Å². The van der Waals surface area contributed by atoms with Crippen LogP contribution in [0.2, 0.25) is 0 Å². The van der Waals surface area contributed by atoms with Crippen molar-refractivity contribution >= 4 is 5.97 Å². The van der Waals surface area contributed by atoms with Crippen molar-refractivity contribution in [2.24, 2.45) is 65.1 Å². The van der Waals surface area contributed by atoms with Crippen molar-refractivity contribution in [3.05, 3.63) is 24.3 Å². The zero-order valence-corrected chi connectivity index (χ0v) is 52.6. The fourth-order valence-electron chi connectivity index (χ4n) is 19.6. The lowest BCUT2D eigenvalue weighted by Gasteiger charge is -2.60. The second kappa shape index (κ2) is 29.4. The van der Waals surface area contributed by atoms with Crippen LogP contribution in [0.3, 0.4) is 0 Å². The van der Waals surface area contributed by atoms with Crippen LogP contribution in [-0.4, -0.2) is 286 Å². The smallest absolute Gasteiger partial charge is 0.330 e. The third-order valence-corrected chi connectivity index (χ3v) is 24.4. The minimum atomic E-state index is -1.83. The highest BCUT2D eigenvalue weighted by atomic mass is 16.7. The molecule has 5 aliphatic heterocycles. The number of aliphatic hydroxyl groups is 16. The summed E-state index contributed by atoms with van der Waals surface area (Å²) in [5, 5.41) is 184. The molecule has 12 rings (SSSR count). The third kappa shape index (κ3) is 14.1. The predicted molar refractivity (Wildman–Crippen MR) is 317 cm³/mol. The number of allylic oxidation sites excluding steroid dienone is 1. The van der Waals surface area contributed by atoms with Gasteiger partial charge >= 0.3 is 5.97 Å². The summed E-state index contributed by atoms with van der Waals surface area (Å²) in [7, 11) is 2.97. The first kappa shape index (κ1) is 69.9. The zero-order valence-electron chi connectivity index (χ0n) is 52.6. The van der Waals surface area contributed by atoms with Crippen LogP contribution in [-0.2, 0) is 47.4 Å². The molecule has 26 heteroatoms. The van der Waals surface area contributed by atoms with Gasteiger partial charge in [0.15, 0.2) is 6.29 Å². The van der Waals surface area contributed by atoms with E-state index < -0.39 is 243 Å². The monoisotopic (exact) mass is 1310 g/mol. The summed E-state index contributed by atoms with van der Waals surface area (Å²) < 4.78 is 58.4. The lowest BCUT2D eigenvalue weighted by atomic mass is 9.56. The van der Waals surface area contributed by atoms with Crippen LogP contribution in [0.1, 0.15) is 116 Å². The molecule has 0 radical (unpaired) electrons. The molecular formula is C66H104O26. The third-order valence-electron chi connectivity index (χ3n) is 24.4. The number of ether oxygens (including phenoxy) is 9. The standard InChI is InChI=1S/C66H104O26/c1-84-47-17-29(18-48(85-2)55(47)79)62-65(92-66-59(83)58(82)56(80)49(89-66)25-86-50(78)14-5-26-3-8-30(67)9-4-26)35-21-32(87-45-19-31(68)20-46(88-62)51(35)45)10-11-33-38(71)23-42(75)52-54(57(81)61(91-63(33)52)28-7-13-37(70)41(74)16-28)53-43(76)24-39(72)34-22-44(77)60(90-64(34)53)27-6-12-36(69)40(73)15-27/h5,10-11,14,26-49,51-77,79-83H,3-4,6-9,12-13,15-25H2,1-2H3. The van der Waals surface area contributed by atoms with Gasteiger partial charge in [-0.1, -0.05) is 18.2 Å². The highest BCUT2D eigenvalue weighted by Crippen LogP contribution is 2.56. The van der Waals surface area contributed by atoms with E-state index in [1.165, 1.54) is 20.3 Å². The number of carbonyl (C=O) groups is 1. The van der Waals surface area contributed by atoms with Gasteiger partial charge in [0.25, 0.3) is 0 Å². The average molecular weight is 1310 g/mol. The lowest BCUT2D eigenvalue weighted by Crippen LogP contribution is -2.69. The van der Waals surface area contributed by atoms with Crippen LogP contribution in [0.25, 0.3) is 0 Å². The first-order valence-electron chi connectivity index (χ1n) is 34.4. The molecule has 0 spiro atoms. The van der Waals surface area contributed by atoms with Crippen molar-refractivity contribution in [3.8, 4) is 0 Å². The topological polar surface area (TPSA) is 424 Å². The van der Waals surface area contributed by atoms with Crippen molar-refractivity contribution in [3.63, 3.8) is 0 Å². The van der Waals surface area contributed by atoms with Gasteiger partial charge in [0, 0.05) is 62.2 Å². The van der Waals surface area contributed by atoms with Gasteiger partial charge in [0.2, 0.25) is 0 Å². The van der Waals surface area contributed by atoms with Crippen LogP contribution in [0.4, 0.5) is 0 Å². The highest BCUT2D eigenvalue weighted by molar-refractivity contribution is 5.81. The van der Waals surface area contributed by atoms with Crippen molar-refractivity contribution in [2.75, 3.05) is 20.8 Å². The molecule has 5 heterocycles. The number of methoxy groups -OCH3 is 2. The molecule has 7 aliphatic carbocycles. The van der Waals surface area contributed by atoms with E-state index in [-0.39, 0.29) is 89.1 Å². The van der Waals surface area contributed by atoms with Gasteiger partial charge in [-0.3, -0.25) is 0 Å². The number of carbonyl (C=O) groups excluding carboxylic acids is 1. The summed E-state index contributed by atoms with van der Waals surface area (Å²) in [6.45, 7) is -0.521. The van der Waals surface area contributed by atoms with Gasteiger partial charge in [-0.05, 0) is 139 Å². The van der Waals surface area contributed by atoms with E-state index in [0.29, 0.717) is 38.5 Å². The predicted octanol–water partition coefficient (Wildman–Crippen LogP) is -2.48. The van der Waals surface area contributed by atoms with Crippen molar-refractivity contribution in [2.45, 2.75) is 293 Å². The van der Waals surface area contributed by atoms with Crippen molar-refractivity contribution in [1.29, 1.82) is 0 Å². The molecule has 36 atom stereocenters. The summed E-state index contributed by atoms with van der Waals surface area (Å²) in [6.07, 6.45) is -20.1. The molecule has 12 aliphatic rings. The molecule has 5 saturated heterocycles. The number of aliphatic hydroxyl groups excluding tert-OH is 16. The summed E-state index contributed by atoms with van der Waals surface area (Å²) in [5.74, 6) is -7.67. The molecule has 0 aromatic rings. The van der Waals surface area contributed by atoms with Crippen molar-refractivity contribution < 1.29 is 129 Å². The molecule has 0 amide bonds. The van der Waals surface area contributed by atoms with Gasteiger partial charge in [-0.15, -0.1) is 0 Å². The van der Waals surface area contributed by atoms with Gasteiger partial charge in [0.1, 0.15) is 37.1 Å². The molecule has 524 valence electrons. The zero-order chi connectivity index (χ0) is 65.3. The first-order valence-corrected chi connectivity index (χ1v) is 34.4. The Bertz CT molecular complexity index is 2460. The Labute approximate surface area is 536 Å². The van der Waals surface area contributed by atoms with Crippen molar-refractivity contribution in [1.82, 2.24) is 0 Å². The Hall–Kier alpha value is -2.01. The average Bonchev–Trinajstić information content (AvgIpc) is 0.729. The normalized spacial score (nSPS) is 55.1. The minimum Gasteiger partial charge on any atom is -0.460 e. The SMILES string of the molecule is COC1CC(C2OC3CC(O)CC4OC(C=CC5C(O)CC(O)C6C5OC(C5CCC(O)C(O)C5)C(O)C6C5C(O)CC(O)C6CC(O)C(C7CCC(O)C(O)C7)OC65)CC(C2OC2OC(COC(=O)C=CC5CCC(O)CC5)C(O)C(O)C2O)C43)CC(OC)C1O. The molecular weight excluding hydrogens is 1210 g/mol. The fourth-order valence-corrected chi connectivity index (χ4v) is 19.6. The van der Waals surface area contributed by atoms with E-state index in [1.807, 2.05) is 0 Å². The number of hydrogen-bond acceptors (Lipinski definition) is 26. The molecule has 0 aromatic carbocycles. The Balaban J connectivity index is 0.853. The maximum atomic E-state index is 13.1. The van der Waals surface area contributed by atoms with Crippen LogP contribution in [0, 0.1) is 65.1 Å². The second-order valence-corrected chi connectivity index (χ2v) is 29.8. The molecule has 26 nitrogen and oxygen atoms in total. The summed E-state index contributed by atoms with van der Waals surface area (Å²) in [4.78, 5) is 13.1. The quantitative estimate of drug-likeness (QED) is 0.0486. The molecule has 0 bridgehead atoms. The van der Waals surface area contributed by atoms with E-state index in [1.54, 1.807) is 18.2 Å². The maximum Gasteiger partial charge on any atom is 0.330 e. The number of esters is 1.